The summed E-state index contributed by atoms with van der Waals surface area (Å²) < 4.78 is 57.5. The Morgan fingerprint density at radius 3 is 2.24 bits per heavy atom. The normalized spacial score (nSPS) is 18.3. The molecule has 1 atom stereocenters. The van der Waals surface area contributed by atoms with Crippen molar-refractivity contribution < 1.29 is 46.8 Å². The average Bonchev–Trinajstić information content (AvgIpc) is 3.45. The number of hydrogen-bond donors (Lipinski definition) is 1. The van der Waals surface area contributed by atoms with Crippen LogP contribution in [0.25, 0.3) is 5.76 Å². The van der Waals surface area contributed by atoms with Crippen molar-refractivity contribution in [3.05, 3.63) is 83.4 Å². The van der Waals surface area contributed by atoms with Crippen molar-refractivity contribution in [2.24, 2.45) is 0 Å². The molecule has 0 aliphatic carbocycles. The van der Waals surface area contributed by atoms with Crippen LogP contribution < -0.4 is 23.8 Å². The van der Waals surface area contributed by atoms with E-state index < -0.39 is 35.6 Å². The minimum atomic E-state index is -4.89. The fraction of sp³-hybridized carbons (Fsp3) is 0.154. The number of aliphatic hydroxyl groups is 1. The van der Waals surface area contributed by atoms with Gasteiger partial charge in [0, 0.05) is 11.3 Å². The Morgan fingerprint density at radius 1 is 0.946 bits per heavy atom. The van der Waals surface area contributed by atoms with E-state index in [4.69, 9.17) is 14.2 Å². The summed E-state index contributed by atoms with van der Waals surface area (Å²) in [6, 6.07) is 14.5. The van der Waals surface area contributed by atoms with E-state index in [0.29, 0.717) is 22.8 Å². The molecule has 3 aromatic rings. The number of amides is 1. The summed E-state index contributed by atoms with van der Waals surface area (Å²) in [5.41, 5.74) is 0.597. The lowest BCUT2D eigenvalue weighted by Crippen LogP contribution is -2.29. The van der Waals surface area contributed by atoms with Crippen molar-refractivity contribution in [1.82, 2.24) is 0 Å². The second-order valence-electron chi connectivity index (χ2n) is 8.05. The molecule has 3 aromatic carbocycles. The van der Waals surface area contributed by atoms with Gasteiger partial charge in [0.2, 0.25) is 6.79 Å². The molecule has 1 unspecified atom stereocenters. The number of halogens is 3. The number of rotatable bonds is 5. The first-order valence-corrected chi connectivity index (χ1v) is 10.9. The van der Waals surface area contributed by atoms with Crippen molar-refractivity contribution in [1.29, 1.82) is 0 Å². The van der Waals surface area contributed by atoms with E-state index in [9.17, 15) is 27.9 Å². The Balaban J connectivity index is 1.62. The quantitative estimate of drug-likeness (QED) is 0.293. The number of ketones is 1. The summed E-state index contributed by atoms with van der Waals surface area (Å²) in [5.74, 6) is -1.53. The van der Waals surface area contributed by atoms with Crippen LogP contribution in [-0.4, -0.2) is 37.1 Å². The highest BCUT2D eigenvalue weighted by Gasteiger charge is 2.47. The molecule has 2 aliphatic rings. The van der Waals surface area contributed by atoms with Gasteiger partial charge in [0.1, 0.15) is 17.3 Å². The van der Waals surface area contributed by atoms with Gasteiger partial charge in [-0.05, 0) is 60.2 Å². The zero-order chi connectivity index (χ0) is 26.3. The van der Waals surface area contributed by atoms with Crippen LogP contribution in [0.4, 0.5) is 18.9 Å². The molecule has 190 valence electrons. The molecule has 37 heavy (non-hydrogen) atoms. The molecule has 2 heterocycles. The molecule has 8 nitrogen and oxygen atoms in total. The predicted molar refractivity (Wildman–Crippen MR) is 123 cm³/mol. The van der Waals surface area contributed by atoms with Gasteiger partial charge < -0.3 is 24.1 Å². The van der Waals surface area contributed by atoms with Gasteiger partial charge in [-0.1, -0.05) is 12.1 Å². The number of anilines is 1. The topological polar surface area (TPSA) is 94.5 Å². The molecule has 0 spiro atoms. The molecule has 1 N–H and O–H groups in total. The van der Waals surface area contributed by atoms with Crippen LogP contribution >= 0.6 is 0 Å². The van der Waals surface area contributed by atoms with E-state index in [-0.39, 0.29) is 23.6 Å². The lowest BCUT2D eigenvalue weighted by molar-refractivity contribution is -0.274. The van der Waals surface area contributed by atoms with Crippen LogP contribution in [0, 0.1) is 0 Å². The van der Waals surface area contributed by atoms with Crippen molar-refractivity contribution in [3.8, 4) is 23.0 Å². The Kier molecular flexibility index (Phi) is 5.90. The molecule has 0 saturated carbocycles. The number of benzene rings is 3. The zero-order valence-electron chi connectivity index (χ0n) is 19.1. The fourth-order valence-corrected chi connectivity index (χ4v) is 4.21. The first-order chi connectivity index (χ1) is 17.7. The summed E-state index contributed by atoms with van der Waals surface area (Å²) in [7, 11) is 1.48. The number of Topliss-reactive ketones (excluding diaryl/α,β-unsaturated/α-hetero) is 1. The SMILES string of the molecule is COc1ccc(C2/C(=C(/O)c3ccc4c(c3)OCO4)C(=O)C(=O)N2c2ccc(OC(F)(F)F)cc2)cc1. The summed E-state index contributed by atoms with van der Waals surface area (Å²) >= 11 is 0. The number of ether oxygens (including phenoxy) is 4. The fourth-order valence-electron chi connectivity index (χ4n) is 4.21. The Bertz CT molecular complexity index is 1400. The van der Waals surface area contributed by atoms with E-state index in [1.807, 2.05) is 0 Å². The maximum Gasteiger partial charge on any atom is 0.573 e. The molecule has 1 fully saturated rings. The summed E-state index contributed by atoms with van der Waals surface area (Å²) in [5, 5.41) is 11.2. The Morgan fingerprint density at radius 2 is 1.59 bits per heavy atom. The maximum absolute atomic E-state index is 13.2. The number of aliphatic hydroxyl groups excluding tert-OH is 1. The second kappa shape index (κ2) is 9.08. The molecule has 0 radical (unpaired) electrons. The largest absolute Gasteiger partial charge is 0.573 e. The average molecular weight is 513 g/mol. The van der Waals surface area contributed by atoms with Gasteiger partial charge in [-0.2, -0.15) is 0 Å². The molecule has 1 saturated heterocycles. The molecule has 0 aromatic heterocycles. The van der Waals surface area contributed by atoms with Crippen LogP contribution in [0.2, 0.25) is 0 Å². The van der Waals surface area contributed by atoms with Crippen LogP contribution in [0.5, 0.6) is 23.0 Å². The third kappa shape index (κ3) is 4.51. The van der Waals surface area contributed by atoms with Gasteiger partial charge in [-0.15, -0.1) is 13.2 Å². The van der Waals surface area contributed by atoms with Crippen molar-refractivity contribution in [3.63, 3.8) is 0 Å². The summed E-state index contributed by atoms with van der Waals surface area (Å²) in [6.07, 6.45) is -4.89. The molecule has 11 heteroatoms. The van der Waals surface area contributed by atoms with Gasteiger partial charge in [0.15, 0.2) is 11.5 Å². The van der Waals surface area contributed by atoms with Crippen molar-refractivity contribution in [2.45, 2.75) is 12.4 Å². The minimum absolute atomic E-state index is 0.00381. The van der Waals surface area contributed by atoms with E-state index in [1.165, 1.54) is 31.4 Å². The van der Waals surface area contributed by atoms with E-state index in [0.717, 1.165) is 17.0 Å². The van der Waals surface area contributed by atoms with Crippen LogP contribution in [0.15, 0.2) is 72.3 Å². The number of hydrogen-bond acceptors (Lipinski definition) is 7. The van der Waals surface area contributed by atoms with Crippen molar-refractivity contribution in [2.75, 3.05) is 18.8 Å². The highest BCUT2D eigenvalue weighted by molar-refractivity contribution is 6.51. The standard InChI is InChI=1S/C26H18F3NO7/c1-34-17-7-2-14(3-8-17)22-21(23(31)15-4-11-19-20(12-15)36-13-35-19)24(32)25(33)30(22)16-5-9-18(10-6-16)37-26(27,28)29/h2-12,22,31H,13H2,1H3/b23-21-. The van der Waals surface area contributed by atoms with Gasteiger partial charge in [-0.3, -0.25) is 14.5 Å². The molecule has 2 aliphatic heterocycles. The summed E-state index contributed by atoms with van der Waals surface area (Å²) in [6.45, 7) is 0.00381. The third-order valence-corrected chi connectivity index (χ3v) is 5.87. The number of nitrogens with zero attached hydrogens (tertiary/aromatic N) is 1. The van der Waals surface area contributed by atoms with Crippen LogP contribution in [-0.2, 0) is 9.59 Å². The lowest BCUT2D eigenvalue weighted by Gasteiger charge is -2.25. The molecule has 1 amide bonds. The molecular weight excluding hydrogens is 495 g/mol. The van der Waals surface area contributed by atoms with Crippen molar-refractivity contribution >= 4 is 23.1 Å². The zero-order valence-corrected chi connectivity index (χ0v) is 19.1. The predicted octanol–water partition coefficient (Wildman–Crippen LogP) is 4.95. The Labute approximate surface area is 208 Å². The van der Waals surface area contributed by atoms with Gasteiger partial charge in [-0.25, -0.2) is 0 Å². The first-order valence-electron chi connectivity index (χ1n) is 10.9. The third-order valence-electron chi connectivity index (χ3n) is 5.87. The number of fused-ring (bicyclic) bond motifs is 1. The van der Waals surface area contributed by atoms with Gasteiger partial charge in [0.05, 0.1) is 18.7 Å². The minimum Gasteiger partial charge on any atom is -0.507 e. The second-order valence-corrected chi connectivity index (χ2v) is 8.05. The Hall–Kier alpha value is -4.67. The molecule has 0 bridgehead atoms. The highest BCUT2D eigenvalue weighted by atomic mass is 19.4. The van der Waals surface area contributed by atoms with E-state index in [1.54, 1.807) is 30.3 Å². The van der Waals surface area contributed by atoms with E-state index in [2.05, 4.69) is 4.74 Å². The van der Waals surface area contributed by atoms with E-state index >= 15 is 0 Å². The number of alkyl halides is 3. The highest BCUT2D eigenvalue weighted by Crippen LogP contribution is 2.44. The number of methoxy groups -OCH3 is 1. The number of carbonyl (C=O) groups excluding carboxylic acids is 2. The van der Waals surface area contributed by atoms with Gasteiger partial charge >= 0.3 is 6.36 Å². The lowest BCUT2D eigenvalue weighted by atomic mass is 9.95. The first kappa shape index (κ1) is 24.0. The smallest absolute Gasteiger partial charge is 0.507 e. The monoisotopic (exact) mass is 513 g/mol. The molecular formula is C26H18F3NO7. The van der Waals surface area contributed by atoms with Crippen LogP contribution in [0.1, 0.15) is 17.2 Å². The van der Waals surface area contributed by atoms with Gasteiger partial charge in [0.25, 0.3) is 11.7 Å². The van der Waals surface area contributed by atoms with Crippen LogP contribution in [0.3, 0.4) is 0 Å². The summed E-state index contributed by atoms with van der Waals surface area (Å²) in [4.78, 5) is 27.6. The number of carbonyl (C=O) groups is 2. The molecule has 5 rings (SSSR count). The maximum atomic E-state index is 13.2.